The molecule has 0 saturated carbocycles. The molecule has 1 aromatic rings. The van der Waals surface area contributed by atoms with Crippen molar-refractivity contribution in [1.29, 1.82) is 0 Å². The van der Waals surface area contributed by atoms with Crippen molar-refractivity contribution < 1.29 is 32.0 Å². The van der Waals surface area contributed by atoms with Gasteiger partial charge in [-0.3, -0.25) is 14.1 Å². The third-order valence-electron chi connectivity index (χ3n) is 3.94. The molecule has 1 atom stereocenters. The Balaban J connectivity index is 2.42. The number of rotatable bonds is 13. The van der Waals surface area contributed by atoms with Gasteiger partial charge in [0.25, 0.3) is 10.1 Å². The number of hydrogen-bond acceptors (Lipinski definition) is 6. The first-order valence-electron chi connectivity index (χ1n) is 9.23. The average Bonchev–Trinajstić information content (AvgIpc) is 2.61. The zero-order valence-corrected chi connectivity index (χ0v) is 16.4. The molecule has 0 aliphatic carbocycles. The van der Waals surface area contributed by atoms with Gasteiger partial charge in [-0.25, -0.2) is 0 Å². The fourth-order valence-electron chi connectivity index (χ4n) is 2.45. The van der Waals surface area contributed by atoms with Crippen LogP contribution in [0.15, 0.2) is 30.3 Å². The molecule has 0 radical (unpaired) electrons. The molecule has 0 aromatic heterocycles. The quantitative estimate of drug-likeness (QED) is 0.234. The summed E-state index contributed by atoms with van der Waals surface area (Å²) in [6.45, 7) is 2.19. The lowest BCUT2D eigenvalue weighted by atomic mass is 10.1. The average molecular weight is 400 g/mol. The number of esters is 2. The molecule has 1 rings (SSSR count). The van der Waals surface area contributed by atoms with Crippen molar-refractivity contribution in [2.24, 2.45) is 0 Å². The van der Waals surface area contributed by atoms with E-state index in [0.29, 0.717) is 6.42 Å². The van der Waals surface area contributed by atoms with E-state index < -0.39 is 33.7 Å². The van der Waals surface area contributed by atoms with Gasteiger partial charge in [-0.2, -0.15) is 8.42 Å². The Labute approximate surface area is 160 Å². The molecule has 152 valence electrons. The second-order valence-electron chi connectivity index (χ2n) is 6.28. The zero-order valence-electron chi connectivity index (χ0n) is 15.6. The first kappa shape index (κ1) is 23.1. The van der Waals surface area contributed by atoms with Gasteiger partial charge in [-0.15, -0.1) is 0 Å². The van der Waals surface area contributed by atoms with Crippen LogP contribution in [-0.2, 0) is 24.4 Å². The molecular formula is C19H28O7S. The van der Waals surface area contributed by atoms with Gasteiger partial charge in [0, 0.05) is 0 Å². The van der Waals surface area contributed by atoms with Gasteiger partial charge in [-0.05, 0) is 18.6 Å². The topological polar surface area (TPSA) is 107 Å². The standard InChI is InChI=1S/C19H28O7S/c1-2-3-4-5-6-7-11-14-25-19(21)17(27(22,23)24)15-18(20)26-16-12-9-8-10-13-16/h8-10,12-13,17H,2-7,11,14-15H2,1H3,(H,22,23,24). The molecule has 0 bridgehead atoms. The van der Waals surface area contributed by atoms with E-state index in [9.17, 15) is 22.6 Å². The van der Waals surface area contributed by atoms with E-state index in [2.05, 4.69) is 6.92 Å². The van der Waals surface area contributed by atoms with Gasteiger partial charge in [0.05, 0.1) is 13.0 Å². The van der Waals surface area contributed by atoms with Crippen LogP contribution < -0.4 is 4.74 Å². The Kier molecular flexibility index (Phi) is 10.7. The van der Waals surface area contributed by atoms with Crippen molar-refractivity contribution in [2.75, 3.05) is 6.61 Å². The van der Waals surface area contributed by atoms with Crippen LogP contribution in [0.5, 0.6) is 5.75 Å². The monoisotopic (exact) mass is 400 g/mol. The first-order chi connectivity index (χ1) is 12.8. The summed E-state index contributed by atoms with van der Waals surface area (Å²) in [6, 6.07) is 8.02. The fourth-order valence-corrected chi connectivity index (χ4v) is 3.11. The largest absolute Gasteiger partial charge is 0.465 e. The van der Waals surface area contributed by atoms with Crippen LogP contribution in [0.1, 0.15) is 58.3 Å². The molecule has 0 heterocycles. The third-order valence-corrected chi connectivity index (χ3v) is 5.02. The Morgan fingerprint density at radius 1 is 1.00 bits per heavy atom. The number of carbonyl (C=O) groups is 2. The molecule has 1 N–H and O–H groups in total. The van der Waals surface area contributed by atoms with E-state index in [1.54, 1.807) is 18.2 Å². The summed E-state index contributed by atoms with van der Waals surface area (Å²) in [7, 11) is -4.78. The molecule has 0 fully saturated rings. The van der Waals surface area contributed by atoms with Crippen LogP contribution in [0.2, 0.25) is 0 Å². The molecule has 27 heavy (non-hydrogen) atoms. The number of ether oxygens (including phenoxy) is 2. The van der Waals surface area contributed by atoms with Crippen LogP contribution >= 0.6 is 0 Å². The first-order valence-corrected chi connectivity index (χ1v) is 10.7. The fraction of sp³-hybridized carbons (Fsp3) is 0.579. The Morgan fingerprint density at radius 3 is 2.19 bits per heavy atom. The normalized spacial score (nSPS) is 12.4. The summed E-state index contributed by atoms with van der Waals surface area (Å²) in [5.74, 6) is -1.88. The van der Waals surface area contributed by atoms with E-state index >= 15 is 0 Å². The smallest absolute Gasteiger partial charge is 0.327 e. The summed E-state index contributed by atoms with van der Waals surface area (Å²) in [6.07, 6.45) is 6.32. The summed E-state index contributed by atoms with van der Waals surface area (Å²) >= 11 is 0. The predicted octanol–water partition coefficient (Wildman–Crippen LogP) is 3.53. The van der Waals surface area contributed by atoms with Gasteiger partial charge in [0.2, 0.25) is 0 Å². The number of para-hydroxylation sites is 1. The summed E-state index contributed by atoms with van der Waals surface area (Å²) in [5, 5.41) is -1.99. The lowest BCUT2D eigenvalue weighted by molar-refractivity contribution is -0.146. The van der Waals surface area contributed by atoms with Gasteiger partial charge in [0.1, 0.15) is 5.75 Å². The second kappa shape index (κ2) is 12.5. The van der Waals surface area contributed by atoms with E-state index in [4.69, 9.17) is 9.47 Å². The highest BCUT2D eigenvalue weighted by Gasteiger charge is 2.35. The molecular weight excluding hydrogens is 372 g/mol. The van der Waals surface area contributed by atoms with Crippen LogP contribution in [0, 0.1) is 0 Å². The zero-order chi connectivity index (χ0) is 20.1. The van der Waals surface area contributed by atoms with Crippen molar-refractivity contribution >= 4 is 22.1 Å². The molecule has 0 amide bonds. The maximum atomic E-state index is 12.0. The minimum Gasteiger partial charge on any atom is -0.465 e. The second-order valence-corrected chi connectivity index (χ2v) is 7.88. The van der Waals surface area contributed by atoms with E-state index in [-0.39, 0.29) is 12.4 Å². The summed E-state index contributed by atoms with van der Waals surface area (Å²) < 4.78 is 42.0. The van der Waals surface area contributed by atoms with E-state index in [1.807, 2.05) is 0 Å². The number of hydrogen-bond donors (Lipinski definition) is 1. The van der Waals surface area contributed by atoms with E-state index in [0.717, 1.165) is 19.3 Å². The van der Waals surface area contributed by atoms with Gasteiger partial charge < -0.3 is 9.47 Å². The van der Waals surface area contributed by atoms with Crippen LogP contribution in [0.25, 0.3) is 0 Å². The van der Waals surface area contributed by atoms with Crippen molar-refractivity contribution in [3.8, 4) is 5.75 Å². The van der Waals surface area contributed by atoms with Crippen molar-refractivity contribution in [1.82, 2.24) is 0 Å². The van der Waals surface area contributed by atoms with Crippen LogP contribution in [0.4, 0.5) is 0 Å². The Bertz CT molecular complexity index is 671. The highest BCUT2D eigenvalue weighted by atomic mass is 32.2. The predicted molar refractivity (Wildman–Crippen MR) is 101 cm³/mol. The Hall–Kier alpha value is -1.93. The molecule has 7 nitrogen and oxygen atoms in total. The lowest BCUT2D eigenvalue weighted by Crippen LogP contribution is -2.35. The van der Waals surface area contributed by atoms with Gasteiger partial charge in [0.15, 0.2) is 5.25 Å². The van der Waals surface area contributed by atoms with Crippen LogP contribution in [0.3, 0.4) is 0 Å². The number of carbonyl (C=O) groups excluding carboxylic acids is 2. The number of benzene rings is 1. The molecule has 0 aliphatic rings. The highest BCUT2D eigenvalue weighted by Crippen LogP contribution is 2.14. The molecule has 8 heteroatoms. The minimum atomic E-state index is -4.78. The molecule has 0 spiro atoms. The molecule has 0 aliphatic heterocycles. The van der Waals surface area contributed by atoms with Crippen molar-refractivity contribution in [3.63, 3.8) is 0 Å². The van der Waals surface area contributed by atoms with Crippen LogP contribution in [-0.4, -0.2) is 36.8 Å². The highest BCUT2D eigenvalue weighted by molar-refractivity contribution is 7.87. The molecule has 0 saturated heterocycles. The third kappa shape index (κ3) is 10.1. The van der Waals surface area contributed by atoms with Crippen molar-refractivity contribution in [2.45, 2.75) is 63.5 Å². The number of unbranched alkanes of at least 4 members (excludes halogenated alkanes) is 6. The molecule has 1 aromatic carbocycles. The van der Waals surface area contributed by atoms with E-state index in [1.165, 1.54) is 31.4 Å². The summed E-state index contributed by atoms with van der Waals surface area (Å²) in [5.41, 5.74) is 0. The SMILES string of the molecule is CCCCCCCCCOC(=O)C(CC(=O)Oc1ccccc1)S(=O)(=O)O. The Morgan fingerprint density at radius 2 is 1.59 bits per heavy atom. The van der Waals surface area contributed by atoms with Crippen molar-refractivity contribution in [3.05, 3.63) is 30.3 Å². The maximum Gasteiger partial charge on any atom is 0.327 e. The lowest BCUT2D eigenvalue weighted by Gasteiger charge is -2.13. The molecule has 1 unspecified atom stereocenters. The van der Waals surface area contributed by atoms with Gasteiger partial charge in [-0.1, -0.05) is 63.6 Å². The van der Waals surface area contributed by atoms with Gasteiger partial charge >= 0.3 is 11.9 Å². The summed E-state index contributed by atoms with van der Waals surface area (Å²) in [4.78, 5) is 23.9. The minimum absolute atomic E-state index is 0.0480. The maximum absolute atomic E-state index is 12.0.